The molecule has 0 aliphatic rings. The van der Waals surface area contributed by atoms with E-state index >= 15 is 0 Å². The fourth-order valence-corrected chi connectivity index (χ4v) is 3.10. The molecular formula is C17H17FN2O3S. The Bertz CT molecular complexity index is 830. The average molecular weight is 348 g/mol. The lowest BCUT2D eigenvalue weighted by atomic mass is 10.2. The Labute approximate surface area is 141 Å². The molecule has 0 heterocycles. The number of hydrogen-bond acceptors (Lipinski definition) is 4. The molecule has 2 aromatic carbocycles. The molecule has 7 heteroatoms. The number of nitrogens with zero attached hydrogens (tertiary/aromatic N) is 2. The van der Waals surface area contributed by atoms with E-state index in [-0.39, 0.29) is 19.0 Å². The maximum absolute atomic E-state index is 12.8. The fraction of sp³-hybridized carbons (Fsp3) is 0.235. The molecular weight excluding hydrogens is 331 g/mol. The molecule has 2 rings (SSSR count). The molecule has 5 nitrogen and oxygen atoms in total. The number of ether oxygens (including phenoxy) is 1. The van der Waals surface area contributed by atoms with Crippen molar-refractivity contribution in [1.29, 1.82) is 5.26 Å². The van der Waals surface area contributed by atoms with Crippen LogP contribution < -0.4 is 9.04 Å². The maximum Gasteiger partial charge on any atom is 0.232 e. The topological polar surface area (TPSA) is 70.4 Å². The van der Waals surface area contributed by atoms with E-state index in [1.54, 1.807) is 18.2 Å². The van der Waals surface area contributed by atoms with Crippen molar-refractivity contribution in [2.45, 2.75) is 6.42 Å². The summed E-state index contributed by atoms with van der Waals surface area (Å²) in [4.78, 5) is 0. The Morgan fingerprint density at radius 2 is 1.92 bits per heavy atom. The fourth-order valence-electron chi connectivity index (χ4n) is 2.15. The van der Waals surface area contributed by atoms with Gasteiger partial charge < -0.3 is 4.74 Å². The van der Waals surface area contributed by atoms with Crippen molar-refractivity contribution < 1.29 is 17.5 Å². The van der Waals surface area contributed by atoms with Crippen molar-refractivity contribution in [1.82, 2.24) is 0 Å². The van der Waals surface area contributed by atoms with Crippen LogP contribution in [0.1, 0.15) is 12.0 Å². The zero-order chi connectivity index (χ0) is 17.6. The van der Waals surface area contributed by atoms with Crippen LogP contribution in [-0.2, 0) is 10.0 Å². The zero-order valence-corrected chi connectivity index (χ0v) is 14.0. The maximum atomic E-state index is 12.8. The highest BCUT2D eigenvalue weighted by Crippen LogP contribution is 2.19. The molecule has 0 fully saturated rings. The molecule has 0 saturated carbocycles. The lowest BCUT2D eigenvalue weighted by Crippen LogP contribution is -2.31. The normalized spacial score (nSPS) is 10.9. The van der Waals surface area contributed by atoms with Crippen LogP contribution in [0.25, 0.3) is 0 Å². The average Bonchev–Trinajstić information content (AvgIpc) is 2.55. The van der Waals surface area contributed by atoms with Gasteiger partial charge in [-0.15, -0.1) is 0 Å². The van der Waals surface area contributed by atoms with Gasteiger partial charge in [-0.25, -0.2) is 12.8 Å². The van der Waals surface area contributed by atoms with Gasteiger partial charge in [0.15, 0.2) is 0 Å². The molecule has 0 atom stereocenters. The van der Waals surface area contributed by atoms with E-state index < -0.39 is 10.0 Å². The Hall–Kier alpha value is -2.59. The number of halogens is 1. The largest absolute Gasteiger partial charge is 0.494 e. The minimum Gasteiger partial charge on any atom is -0.494 e. The van der Waals surface area contributed by atoms with Gasteiger partial charge in [0, 0.05) is 13.0 Å². The van der Waals surface area contributed by atoms with Crippen molar-refractivity contribution in [3.8, 4) is 11.8 Å². The minimum atomic E-state index is -3.47. The highest BCUT2D eigenvalue weighted by molar-refractivity contribution is 7.92. The Morgan fingerprint density at radius 1 is 1.21 bits per heavy atom. The van der Waals surface area contributed by atoms with E-state index in [4.69, 9.17) is 10.00 Å². The van der Waals surface area contributed by atoms with Crippen LogP contribution in [-0.4, -0.2) is 27.8 Å². The van der Waals surface area contributed by atoms with Gasteiger partial charge in [-0.1, -0.05) is 6.07 Å². The zero-order valence-electron chi connectivity index (χ0n) is 13.1. The predicted molar refractivity (Wildman–Crippen MR) is 89.9 cm³/mol. The van der Waals surface area contributed by atoms with Crippen molar-refractivity contribution in [3.63, 3.8) is 0 Å². The lowest BCUT2D eigenvalue weighted by Gasteiger charge is -2.22. The summed E-state index contributed by atoms with van der Waals surface area (Å²) < 4.78 is 43.5. The molecule has 0 spiro atoms. The summed E-state index contributed by atoms with van der Waals surface area (Å²) in [6.45, 7) is 0.504. The summed E-state index contributed by atoms with van der Waals surface area (Å²) in [5.41, 5.74) is 0.835. The molecule has 0 bridgehead atoms. The summed E-state index contributed by atoms with van der Waals surface area (Å²) in [7, 11) is -3.47. The molecule has 2 aromatic rings. The molecule has 0 aromatic heterocycles. The van der Waals surface area contributed by atoms with Crippen LogP contribution in [0.15, 0.2) is 48.5 Å². The summed E-state index contributed by atoms with van der Waals surface area (Å²) in [6.07, 6.45) is 1.56. The van der Waals surface area contributed by atoms with Gasteiger partial charge in [-0.05, 0) is 42.5 Å². The summed E-state index contributed by atoms with van der Waals surface area (Å²) in [6, 6.07) is 14.0. The van der Waals surface area contributed by atoms with E-state index in [0.29, 0.717) is 23.4 Å². The summed E-state index contributed by atoms with van der Waals surface area (Å²) in [5.74, 6) is 0.178. The monoisotopic (exact) mass is 348 g/mol. The van der Waals surface area contributed by atoms with Crippen LogP contribution in [0.4, 0.5) is 10.1 Å². The van der Waals surface area contributed by atoms with Crippen LogP contribution >= 0.6 is 0 Å². The third-order valence-electron chi connectivity index (χ3n) is 3.25. The van der Waals surface area contributed by atoms with E-state index in [1.807, 2.05) is 6.07 Å². The third-order valence-corrected chi connectivity index (χ3v) is 4.45. The van der Waals surface area contributed by atoms with Crippen LogP contribution in [0.2, 0.25) is 0 Å². The molecule has 126 valence electrons. The van der Waals surface area contributed by atoms with Crippen molar-refractivity contribution in [2.75, 3.05) is 23.7 Å². The second-order valence-corrected chi connectivity index (χ2v) is 7.06. The SMILES string of the molecule is CS(=O)(=O)N(CCCOc1ccc(F)cc1)c1cccc(C#N)c1. The first-order valence-electron chi connectivity index (χ1n) is 7.26. The second-order valence-electron chi connectivity index (χ2n) is 5.15. The van der Waals surface area contributed by atoms with Crippen LogP contribution in [0, 0.1) is 17.1 Å². The van der Waals surface area contributed by atoms with Gasteiger partial charge in [0.25, 0.3) is 0 Å². The van der Waals surface area contributed by atoms with Gasteiger partial charge in [-0.3, -0.25) is 4.31 Å². The molecule has 0 N–H and O–H groups in total. The standard InChI is InChI=1S/C17H17FN2O3S/c1-24(21,22)20(16-5-2-4-14(12-16)13-19)10-3-11-23-17-8-6-15(18)7-9-17/h2,4-9,12H,3,10-11H2,1H3. The van der Waals surface area contributed by atoms with Gasteiger partial charge in [0.2, 0.25) is 10.0 Å². The molecule has 24 heavy (non-hydrogen) atoms. The smallest absolute Gasteiger partial charge is 0.232 e. The Balaban J connectivity index is 2.00. The first kappa shape index (κ1) is 17.8. The lowest BCUT2D eigenvalue weighted by molar-refractivity contribution is 0.313. The second kappa shape index (κ2) is 7.79. The third kappa shape index (κ3) is 4.96. The van der Waals surface area contributed by atoms with Gasteiger partial charge in [0.1, 0.15) is 11.6 Å². The molecule has 0 radical (unpaired) electrons. The number of hydrogen-bond donors (Lipinski definition) is 0. The van der Waals surface area contributed by atoms with E-state index in [0.717, 1.165) is 6.26 Å². The number of benzene rings is 2. The van der Waals surface area contributed by atoms with Crippen molar-refractivity contribution >= 4 is 15.7 Å². The Morgan fingerprint density at radius 3 is 2.54 bits per heavy atom. The van der Waals surface area contributed by atoms with E-state index in [2.05, 4.69) is 0 Å². The number of nitriles is 1. The van der Waals surface area contributed by atoms with Crippen molar-refractivity contribution in [2.24, 2.45) is 0 Å². The Kier molecular flexibility index (Phi) is 5.77. The molecule has 0 aliphatic carbocycles. The van der Waals surface area contributed by atoms with Crippen LogP contribution in [0.3, 0.4) is 0 Å². The quantitative estimate of drug-likeness (QED) is 0.721. The highest BCUT2D eigenvalue weighted by atomic mass is 32.2. The van der Waals surface area contributed by atoms with Gasteiger partial charge in [-0.2, -0.15) is 5.26 Å². The van der Waals surface area contributed by atoms with Gasteiger partial charge in [0.05, 0.1) is 30.2 Å². The molecule has 0 amide bonds. The van der Waals surface area contributed by atoms with Crippen LogP contribution in [0.5, 0.6) is 5.75 Å². The number of rotatable bonds is 7. The number of anilines is 1. The molecule has 0 unspecified atom stereocenters. The molecule has 0 saturated heterocycles. The minimum absolute atomic E-state index is 0.217. The summed E-state index contributed by atoms with van der Waals surface area (Å²) >= 11 is 0. The van der Waals surface area contributed by atoms with Crippen molar-refractivity contribution in [3.05, 3.63) is 59.9 Å². The number of sulfonamides is 1. The van der Waals surface area contributed by atoms with E-state index in [9.17, 15) is 12.8 Å². The summed E-state index contributed by atoms with van der Waals surface area (Å²) in [5, 5.41) is 8.94. The highest BCUT2D eigenvalue weighted by Gasteiger charge is 2.17. The predicted octanol–water partition coefficient (Wildman–Crippen LogP) is 2.93. The van der Waals surface area contributed by atoms with E-state index in [1.165, 1.54) is 34.6 Å². The first-order valence-corrected chi connectivity index (χ1v) is 9.11. The van der Waals surface area contributed by atoms with Gasteiger partial charge >= 0.3 is 0 Å². The molecule has 0 aliphatic heterocycles. The first-order chi connectivity index (χ1) is 11.4.